The molecule has 0 amide bonds. The summed E-state index contributed by atoms with van der Waals surface area (Å²) in [5, 5.41) is 9.74. The van der Waals surface area contributed by atoms with Crippen molar-refractivity contribution in [1.82, 2.24) is 0 Å². The zero-order valence-electron chi connectivity index (χ0n) is 8.82. The Labute approximate surface area is 84.8 Å². The van der Waals surface area contributed by atoms with Gasteiger partial charge in [0.25, 0.3) is 0 Å². The van der Waals surface area contributed by atoms with E-state index in [1.54, 1.807) is 7.11 Å². The molecule has 2 nitrogen and oxygen atoms in total. The normalized spacial score (nSPS) is 12.0. The first-order valence-electron chi connectivity index (χ1n) is 4.60. The van der Waals surface area contributed by atoms with Crippen molar-refractivity contribution in [3.63, 3.8) is 0 Å². The standard InChI is InChI=1S/C12H16O2/c1-9(2)8-12(13)10-4-6-11(14-3)7-5-10/h4-8,12-13H,1-3H3. The van der Waals surface area contributed by atoms with Gasteiger partial charge in [-0.3, -0.25) is 0 Å². The van der Waals surface area contributed by atoms with Crippen molar-refractivity contribution in [1.29, 1.82) is 0 Å². The van der Waals surface area contributed by atoms with E-state index in [1.165, 1.54) is 0 Å². The van der Waals surface area contributed by atoms with Crippen LogP contribution in [0.1, 0.15) is 25.5 Å². The highest BCUT2D eigenvalue weighted by molar-refractivity contribution is 5.30. The van der Waals surface area contributed by atoms with Crippen LogP contribution in [0.5, 0.6) is 5.75 Å². The lowest BCUT2D eigenvalue weighted by Crippen LogP contribution is -1.93. The van der Waals surface area contributed by atoms with E-state index >= 15 is 0 Å². The Morgan fingerprint density at radius 3 is 2.29 bits per heavy atom. The predicted octanol–water partition coefficient (Wildman–Crippen LogP) is 2.69. The molecule has 2 heteroatoms. The van der Waals surface area contributed by atoms with Crippen LogP contribution >= 0.6 is 0 Å². The minimum Gasteiger partial charge on any atom is -0.497 e. The summed E-state index contributed by atoms with van der Waals surface area (Å²) in [5.74, 6) is 0.804. The van der Waals surface area contributed by atoms with Gasteiger partial charge >= 0.3 is 0 Å². The number of ether oxygens (including phenoxy) is 1. The molecule has 0 aliphatic rings. The molecule has 0 spiro atoms. The van der Waals surface area contributed by atoms with E-state index in [2.05, 4.69) is 0 Å². The van der Waals surface area contributed by atoms with E-state index in [1.807, 2.05) is 44.2 Å². The number of aliphatic hydroxyl groups excluding tert-OH is 1. The van der Waals surface area contributed by atoms with Crippen molar-refractivity contribution in [2.45, 2.75) is 20.0 Å². The lowest BCUT2D eigenvalue weighted by atomic mass is 10.1. The van der Waals surface area contributed by atoms with Gasteiger partial charge in [0.05, 0.1) is 13.2 Å². The molecule has 1 aromatic carbocycles. The minimum absolute atomic E-state index is 0.522. The van der Waals surface area contributed by atoms with Gasteiger partial charge in [-0.05, 0) is 31.5 Å². The van der Waals surface area contributed by atoms with Crippen LogP contribution in [0, 0.1) is 0 Å². The highest BCUT2D eigenvalue weighted by Crippen LogP contribution is 2.19. The molecule has 1 atom stereocenters. The summed E-state index contributed by atoms with van der Waals surface area (Å²) < 4.78 is 5.03. The zero-order chi connectivity index (χ0) is 10.6. The van der Waals surface area contributed by atoms with Gasteiger partial charge in [-0.1, -0.05) is 23.8 Å². The monoisotopic (exact) mass is 192 g/mol. The number of benzene rings is 1. The molecule has 14 heavy (non-hydrogen) atoms. The molecule has 0 radical (unpaired) electrons. The van der Waals surface area contributed by atoms with Crippen LogP contribution in [-0.4, -0.2) is 12.2 Å². The first kappa shape index (κ1) is 10.8. The van der Waals surface area contributed by atoms with E-state index in [4.69, 9.17) is 4.74 Å². The third-order valence-electron chi connectivity index (χ3n) is 1.95. The molecule has 76 valence electrons. The van der Waals surface area contributed by atoms with Crippen LogP contribution in [0.4, 0.5) is 0 Å². The Hall–Kier alpha value is -1.28. The number of aliphatic hydroxyl groups is 1. The Kier molecular flexibility index (Phi) is 3.72. The summed E-state index contributed by atoms with van der Waals surface area (Å²) >= 11 is 0. The van der Waals surface area contributed by atoms with Gasteiger partial charge in [0.1, 0.15) is 5.75 Å². The molecule has 1 aromatic rings. The molecule has 0 fully saturated rings. The smallest absolute Gasteiger partial charge is 0.118 e. The molecular formula is C12H16O2. The van der Waals surface area contributed by atoms with E-state index in [0.717, 1.165) is 16.9 Å². The van der Waals surface area contributed by atoms with Crippen LogP contribution in [-0.2, 0) is 0 Å². The highest BCUT2D eigenvalue weighted by Gasteiger charge is 2.03. The van der Waals surface area contributed by atoms with E-state index < -0.39 is 6.10 Å². The molecule has 0 aliphatic carbocycles. The van der Waals surface area contributed by atoms with Gasteiger partial charge < -0.3 is 9.84 Å². The van der Waals surface area contributed by atoms with Crippen molar-refractivity contribution in [2.24, 2.45) is 0 Å². The highest BCUT2D eigenvalue weighted by atomic mass is 16.5. The third-order valence-corrected chi connectivity index (χ3v) is 1.95. The predicted molar refractivity (Wildman–Crippen MR) is 57.4 cm³/mol. The lowest BCUT2D eigenvalue weighted by Gasteiger charge is -2.07. The SMILES string of the molecule is COc1ccc(C(O)C=C(C)C)cc1. The fraction of sp³-hybridized carbons (Fsp3) is 0.333. The number of hydrogen-bond donors (Lipinski definition) is 1. The van der Waals surface area contributed by atoms with Gasteiger partial charge in [-0.15, -0.1) is 0 Å². The summed E-state index contributed by atoms with van der Waals surface area (Å²) in [6.07, 6.45) is 1.30. The van der Waals surface area contributed by atoms with Crippen LogP contribution in [0.15, 0.2) is 35.9 Å². The van der Waals surface area contributed by atoms with Gasteiger partial charge in [-0.25, -0.2) is 0 Å². The average Bonchev–Trinajstić information content (AvgIpc) is 2.17. The zero-order valence-corrected chi connectivity index (χ0v) is 8.82. The fourth-order valence-corrected chi connectivity index (χ4v) is 1.21. The molecule has 0 saturated heterocycles. The average molecular weight is 192 g/mol. The van der Waals surface area contributed by atoms with Crippen molar-refractivity contribution in [3.8, 4) is 5.75 Å². The maximum Gasteiger partial charge on any atom is 0.118 e. The van der Waals surface area contributed by atoms with E-state index in [-0.39, 0.29) is 0 Å². The van der Waals surface area contributed by atoms with E-state index in [0.29, 0.717) is 0 Å². The Morgan fingerprint density at radius 1 is 1.29 bits per heavy atom. The third kappa shape index (κ3) is 2.89. The van der Waals surface area contributed by atoms with Gasteiger partial charge in [0.15, 0.2) is 0 Å². The molecule has 0 saturated carbocycles. The lowest BCUT2D eigenvalue weighted by molar-refractivity contribution is 0.227. The Balaban J connectivity index is 2.81. The molecule has 0 heterocycles. The summed E-state index contributed by atoms with van der Waals surface area (Å²) in [4.78, 5) is 0. The molecule has 0 aliphatic heterocycles. The Morgan fingerprint density at radius 2 is 1.86 bits per heavy atom. The summed E-state index contributed by atoms with van der Waals surface area (Å²) in [7, 11) is 1.63. The minimum atomic E-state index is -0.522. The van der Waals surface area contributed by atoms with Crippen LogP contribution in [0.2, 0.25) is 0 Å². The fourth-order valence-electron chi connectivity index (χ4n) is 1.21. The topological polar surface area (TPSA) is 29.5 Å². The van der Waals surface area contributed by atoms with Gasteiger partial charge in [0, 0.05) is 0 Å². The first-order valence-corrected chi connectivity index (χ1v) is 4.60. The van der Waals surface area contributed by atoms with Crippen molar-refractivity contribution in [2.75, 3.05) is 7.11 Å². The number of methoxy groups -OCH3 is 1. The first-order chi connectivity index (χ1) is 6.63. The van der Waals surface area contributed by atoms with Gasteiger partial charge in [0.2, 0.25) is 0 Å². The van der Waals surface area contributed by atoms with Crippen molar-refractivity contribution >= 4 is 0 Å². The maximum absolute atomic E-state index is 9.74. The molecule has 0 bridgehead atoms. The summed E-state index contributed by atoms with van der Waals surface area (Å²) in [6, 6.07) is 7.42. The maximum atomic E-state index is 9.74. The van der Waals surface area contributed by atoms with Crippen LogP contribution in [0.3, 0.4) is 0 Å². The number of allylic oxidation sites excluding steroid dienone is 1. The second kappa shape index (κ2) is 4.82. The molecule has 1 N–H and O–H groups in total. The second-order valence-corrected chi connectivity index (χ2v) is 3.46. The molecule has 1 rings (SSSR count). The summed E-state index contributed by atoms with van der Waals surface area (Å²) in [5.41, 5.74) is 1.99. The second-order valence-electron chi connectivity index (χ2n) is 3.46. The molecule has 0 aromatic heterocycles. The largest absolute Gasteiger partial charge is 0.497 e. The van der Waals surface area contributed by atoms with Gasteiger partial charge in [-0.2, -0.15) is 0 Å². The molecular weight excluding hydrogens is 176 g/mol. The summed E-state index contributed by atoms with van der Waals surface area (Å²) in [6.45, 7) is 3.93. The Bertz CT molecular complexity index is 308. The van der Waals surface area contributed by atoms with E-state index in [9.17, 15) is 5.11 Å². The van der Waals surface area contributed by atoms with Crippen LogP contribution < -0.4 is 4.74 Å². The quantitative estimate of drug-likeness (QED) is 0.746. The van der Waals surface area contributed by atoms with Crippen molar-refractivity contribution in [3.05, 3.63) is 41.5 Å². The number of hydrogen-bond acceptors (Lipinski definition) is 2. The van der Waals surface area contributed by atoms with Crippen molar-refractivity contribution < 1.29 is 9.84 Å². The number of rotatable bonds is 3. The van der Waals surface area contributed by atoms with Crippen LogP contribution in [0.25, 0.3) is 0 Å². The molecule has 1 unspecified atom stereocenters.